The molecule has 0 spiro atoms. The molecule has 2 saturated heterocycles. The van der Waals surface area contributed by atoms with Crippen LogP contribution in [0.1, 0.15) is 13.8 Å². The molecule has 2 heterocycles. The van der Waals surface area contributed by atoms with Crippen molar-refractivity contribution < 1.29 is 9.47 Å². The van der Waals surface area contributed by atoms with Gasteiger partial charge in [0.25, 0.3) is 0 Å². The van der Waals surface area contributed by atoms with Gasteiger partial charge in [0.1, 0.15) is 9.87 Å². The van der Waals surface area contributed by atoms with E-state index in [1.165, 1.54) is 0 Å². The summed E-state index contributed by atoms with van der Waals surface area (Å²) in [6, 6.07) is 0. The fourth-order valence-electron chi connectivity index (χ4n) is 0.885. The van der Waals surface area contributed by atoms with E-state index < -0.39 is 0 Å². The molecule has 0 saturated carbocycles. The molecule has 0 aromatic heterocycles. The van der Waals surface area contributed by atoms with Gasteiger partial charge in [0, 0.05) is 11.5 Å². The van der Waals surface area contributed by atoms with Crippen LogP contribution in [0.2, 0.25) is 0 Å². The Labute approximate surface area is 81.8 Å². The van der Waals surface area contributed by atoms with E-state index in [9.17, 15) is 0 Å². The van der Waals surface area contributed by atoms with Crippen LogP contribution in [0.4, 0.5) is 0 Å². The molecule has 2 rings (SSSR count). The molecule has 2 aliphatic heterocycles. The average molecular weight is 206 g/mol. The van der Waals surface area contributed by atoms with Gasteiger partial charge in [-0.2, -0.15) is 0 Å². The lowest BCUT2D eigenvalue weighted by Crippen LogP contribution is -2.17. The largest absolute Gasteiger partial charge is 0.361 e. The fourth-order valence-corrected chi connectivity index (χ4v) is 1.79. The van der Waals surface area contributed by atoms with Crippen molar-refractivity contribution in [2.75, 3.05) is 24.7 Å². The lowest BCUT2D eigenvalue weighted by Gasteiger charge is -2.11. The van der Waals surface area contributed by atoms with Gasteiger partial charge < -0.3 is 9.47 Å². The average Bonchev–Trinajstić information content (AvgIpc) is 2.89. The van der Waals surface area contributed by atoms with Gasteiger partial charge in [-0.25, -0.2) is 0 Å². The molecule has 0 bridgehead atoms. The van der Waals surface area contributed by atoms with E-state index >= 15 is 0 Å². The minimum Gasteiger partial charge on any atom is -0.361 e. The van der Waals surface area contributed by atoms with Gasteiger partial charge in [-0.15, -0.1) is 23.5 Å². The van der Waals surface area contributed by atoms with Crippen LogP contribution in [0.25, 0.3) is 0 Å². The topological polar surface area (TPSA) is 18.5 Å². The van der Waals surface area contributed by atoms with E-state index in [1.54, 1.807) is 0 Å². The number of thioether (sulfide) groups is 2. The first-order chi connectivity index (χ1) is 5.62. The predicted octanol–water partition coefficient (Wildman–Crippen LogP) is 1.95. The Morgan fingerprint density at radius 3 is 1.58 bits per heavy atom. The predicted molar refractivity (Wildman–Crippen MR) is 53.6 cm³/mol. The van der Waals surface area contributed by atoms with E-state index in [0.29, 0.717) is 0 Å². The Balaban J connectivity index is 1.52. The summed E-state index contributed by atoms with van der Waals surface area (Å²) < 4.78 is 11.2. The molecule has 2 aliphatic rings. The van der Waals surface area contributed by atoms with Crippen LogP contribution in [0.15, 0.2) is 0 Å². The molecular weight excluding hydrogens is 192 g/mol. The van der Waals surface area contributed by atoms with Crippen molar-refractivity contribution in [3.8, 4) is 0 Å². The van der Waals surface area contributed by atoms with Crippen molar-refractivity contribution in [2.24, 2.45) is 0 Å². The third-order valence-corrected chi connectivity index (χ3v) is 4.44. The summed E-state index contributed by atoms with van der Waals surface area (Å²) in [6.07, 6.45) is 0. The van der Waals surface area contributed by atoms with Crippen molar-refractivity contribution in [2.45, 2.75) is 23.7 Å². The molecule has 0 aromatic carbocycles. The van der Waals surface area contributed by atoms with Crippen LogP contribution in [0, 0.1) is 0 Å². The molecule has 2 unspecified atom stereocenters. The maximum absolute atomic E-state index is 5.59. The summed E-state index contributed by atoms with van der Waals surface area (Å²) in [4.78, 5) is 0.252. The van der Waals surface area contributed by atoms with Gasteiger partial charge >= 0.3 is 0 Å². The van der Waals surface area contributed by atoms with Gasteiger partial charge in [-0.1, -0.05) is 0 Å². The molecule has 0 aliphatic carbocycles. The molecule has 0 amide bonds. The highest BCUT2D eigenvalue weighted by Gasteiger charge is 2.41. The van der Waals surface area contributed by atoms with E-state index in [-0.39, 0.29) is 9.87 Å². The summed E-state index contributed by atoms with van der Waals surface area (Å²) in [6.45, 7) is 5.73. The molecule has 2 fully saturated rings. The van der Waals surface area contributed by atoms with Crippen LogP contribution < -0.4 is 0 Å². The molecular formula is C8H14O2S2. The van der Waals surface area contributed by atoms with Crippen molar-refractivity contribution in [3.63, 3.8) is 0 Å². The summed E-state index contributed by atoms with van der Waals surface area (Å²) in [5.74, 6) is 2.28. The van der Waals surface area contributed by atoms with Crippen LogP contribution in [-0.2, 0) is 9.47 Å². The van der Waals surface area contributed by atoms with Crippen LogP contribution in [0.3, 0.4) is 0 Å². The first-order valence-electron chi connectivity index (χ1n) is 4.18. The van der Waals surface area contributed by atoms with Crippen molar-refractivity contribution in [1.82, 2.24) is 0 Å². The standard InChI is InChI=1S/C8H14O2S2/c1-7(5-11-7)9-3-4-10-8(2)6-12-8/h3-6H2,1-2H3. The third-order valence-electron chi connectivity index (χ3n) is 2.00. The lowest BCUT2D eigenvalue weighted by atomic mass is 10.5. The number of rotatable bonds is 5. The third kappa shape index (κ3) is 2.55. The molecule has 70 valence electrons. The molecule has 4 heteroatoms. The first-order valence-corrected chi connectivity index (χ1v) is 6.15. The number of ether oxygens (including phenoxy) is 2. The maximum atomic E-state index is 5.59. The number of hydrogen-bond acceptors (Lipinski definition) is 4. The smallest absolute Gasteiger partial charge is 0.120 e. The Morgan fingerprint density at radius 2 is 1.33 bits per heavy atom. The first kappa shape index (κ1) is 9.19. The second-order valence-electron chi connectivity index (χ2n) is 3.54. The van der Waals surface area contributed by atoms with Gasteiger partial charge in [0.05, 0.1) is 13.2 Å². The molecule has 0 radical (unpaired) electrons. The van der Waals surface area contributed by atoms with Crippen LogP contribution in [0.5, 0.6) is 0 Å². The highest BCUT2D eigenvalue weighted by atomic mass is 32.2. The van der Waals surface area contributed by atoms with Crippen LogP contribution >= 0.6 is 23.5 Å². The summed E-state index contributed by atoms with van der Waals surface area (Å²) in [5, 5.41) is 0. The Morgan fingerprint density at radius 1 is 1.00 bits per heavy atom. The summed E-state index contributed by atoms with van der Waals surface area (Å²) in [5.41, 5.74) is 0. The van der Waals surface area contributed by atoms with Gasteiger partial charge in [-0.3, -0.25) is 0 Å². The van der Waals surface area contributed by atoms with Crippen LogP contribution in [-0.4, -0.2) is 34.6 Å². The minimum atomic E-state index is 0.126. The SMILES string of the molecule is CC1(OCCOC2(C)CS2)CS1. The molecule has 12 heavy (non-hydrogen) atoms. The van der Waals surface area contributed by atoms with Gasteiger partial charge in [-0.05, 0) is 13.8 Å². The summed E-state index contributed by atoms with van der Waals surface area (Å²) >= 11 is 3.72. The highest BCUT2D eigenvalue weighted by molar-refractivity contribution is 8.07. The van der Waals surface area contributed by atoms with E-state index in [4.69, 9.17) is 9.47 Å². The lowest BCUT2D eigenvalue weighted by molar-refractivity contribution is -0.00428. The van der Waals surface area contributed by atoms with Gasteiger partial charge in [0.15, 0.2) is 0 Å². The fraction of sp³-hybridized carbons (Fsp3) is 1.00. The molecule has 2 nitrogen and oxygen atoms in total. The Hall–Kier alpha value is 0.620. The number of hydrogen-bond donors (Lipinski definition) is 0. The maximum Gasteiger partial charge on any atom is 0.120 e. The Bertz CT molecular complexity index is 156. The second-order valence-corrected chi connectivity index (χ2v) is 6.42. The van der Waals surface area contributed by atoms with Crippen molar-refractivity contribution >= 4 is 23.5 Å². The molecule has 0 N–H and O–H groups in total. The second kappa shape index (κ2) is 3.08. The van der Waals surface area contributed by atoms with E-state index in [2.05, 4.69) is 13.8 Å². The zero-order chi connectivity index (χ0) is 8.66. The Kier molecular flexibility index (Phi) is 2.36. The van der Waals surface area contributed by atoms with Crippen molar-refractivity contribution in [1.29, 1.82) is 0 Å². The highest BCUT2D eigenvalue weighted by Crippen LogP contribution is 2.46. The van der Waals surface area contributed by atoms with Crippen molar-refractivity contribution in [3.05, 3.63) is 0 Å². The quantitative estimate of drug-likeness (QED) is 0.505. The monoisotopic (exact) mass is 206 g/mol. The summed E-state index contributed by atoms with van der Waals surface area (Å²) in [7, 11) is 0. The minimum absolute atomic E-state index is 0.126. The zero-order valence-electron chi connectivity index (χ0n) is 7.46. The van der Waals surface area contributed by atoms with Gasteiger partial charge in [0.2, 0.25) is 0 Å². The van der Waals surface area contributed by atoms with E-state index in [1.807, 2.05) is 23.5 Å². The normalized spacial score (nSPS) is 44.5. The molecule has 2 atom stereocenters. The zero-order valence-corrected chi connectivity index (χ0v) is 9.09. The van der Waals surface area contributed by atoms with E-state index in [0.717, 1.165) is 24.7 Å². The molecule has 0 aromatic rings.